The van der Waals surface area contributed by atoms with Crippen molar-refractivity contribution in [2.75, 3.05) is 0 Å². The van der Waals surface area contributed by atoms with E-state index in [1.165, 1.54) is 0 Å². The first-order valence-electron chi connectivity index (χ1n) is 8.23. The van der Waals surface area contributed by atoms with Crippen LogP contribution in [0.25, 0.3) is 0 Å². The van der Waals surface area contributed by atoms with Crippen LogP contribution < -0.4 is 4.74 Å². The van der Waals surface area contributed by atoms with Gasteiger partial charge in [0.1, 0.15) is 5.75 Å². The minimum atomic E-state index is -0.235. The fraction of sp³-hybridized carbons (Fsp3) is 0.474. The Balaban J connectivity index is 2.13. The molecule has 1 aromatic heterocycles. The van der Waals surface area contributed by atoms with Crippen molar-refractivity contribution < 1.29 is 9.53 Å². The van der Waals surface area contributed by atoms with Crippen molar-refractivity contribution in [3.8, 4) is 5.75 Å². The van der Waals surface area contributed by atoms with Crippen LogP contribution in [0.1, 0.15) is 43.3 Å². The number of carbonyl (C=O) groups excluding carboxylic acids is 1. The third-order valence-electron chi connectivity index (χ3n) is 3.97. The molecule has 0 aliphatic carbocycles. The molecule has 4 nitrogen and oxygen atoms in total. The largest absolute Gasteiger partial charge is 0.426 e. The lowest BCUT2D eigenvalue weighted by atomic mass is 10.1. The summed E-state index contributed by atoms with van der Waals surface area (Å²) >= 11 is 0. The molecule has 1 heterocycles. The van der Waals surface area contributed by atoms with Crippen molar-refractivity contribution in [1.82, 2.24) is 9.78 Å². The van der Waals surface area contributed by atoms with Crippen molar-refractivity contribution in [3.05, 3.63) is 46.8 Å². The van der Waals surface area contributed by atoms with Crippen LogP contribution in [0.3, 0.4) is 0 Å². The molecule has 0 radical (unpaired) electrons. The molecule has 0 bridgehead atoms. The van der Waals surface area contributed by atoms with Crippen molar-refractivity contribution in [3.63, 3.8) is 0 Å². The molecule has 2 rings (SSSR count). The maximum absolute atomic E-state index is 12.3. The zero-order chi connectivity index (χ0) is 17.0. The van der Waals surface area contributed by atoms with E-state index in [9.17, 15) is 4.79 Å². The van der Waals surface area contributed by atoms with Crippen LogP contribution >= 0.6 is 0 Å². The Kier molecular flexibility index (Phi) is 5.59. The molecule has 124 valence electrons. The van der Waals surface area contributed by atoms with Gasteiger partial charge in [-0.1, -0.05) is 39.0 Å². The molecule has 0 amide bonds. The summed E-state index contributed by atoms with van der Waals surface area (Å²) in [6.45, 7) is 11.2. The summed E-state index contributed by atoms with van der Waals surface area (Å²) in [6.07, 6.45) is 1.10. The molecule has 23 heavy (non-hydrogen) atoms. The average Bonchev–Trinajstić information content (AvgIpc) is 2.74. The van der Waals surface area contributed by atoms with Crippen molar-refractivity contribution in [2.45, 2.75) is 54.0 Å². The number of para-hydroxylation sites is 1. The first kappa shape index (κ1) is 17.3. The molecular weight excluding hydrogens is 288 g/mol. The molecule has 0 aliphatic heterocycles. The van der Waals surface area contributed by atoms with E-state index in [-0.39, 0.29) is 12.4 Å². The number of hydrogen-bond donors (Lipinski definition) is 0. The highest BCUT2D eigenvalue weighted by Gasteiger charge is 2.17. The second kappa shape index (κ2) is 7.44. The van der Waals surface area contributed by atoms with Gasteiger partial charge in [-0.05, 0) is 37.8 Å². The number of aromatic nitrogens is 2. The first-order chi connectivity index (χ1) is 10.9. The summed E-state index contributed by atoms with van der Waals surface area (Å²) in [4.78, 5) is 12.3. The van der Waals surface area contributed by atoms with E-state index < -0.39 is 0 Å². The monoisotopic (exact) mass is 314 g/mol. The van der Waals surface area contributed by atoms with Crippen LogP contribution in [0, 0.1) is 19.8 Å². The number of esters is 1. The summed E-state index contributed by atoms with van der Waals surface area (Å²) in [7, 11) is 0. The Labute approximate surface area is 138 Å². The molecule has 0 fully saturated rings. The van der Waals surface area contributed by atoms with Gasteiger partial charge in [0.25, 0.3) is 0 Å². The molecule has 2 aromatic rings. The molecule has 0 saturated carbocycles. The van der Waals surface area contributed by atoms with Gasteiger partial charge in [-0.2, -0.15) is 5.10 Å². The van der Waals surface area contributed by atoms with E-state index in [2.05, 4.69) is 25.9 Å². The summed E-state index contributed by atoms with van der Waals surface area (Å²) in [5, 5.41) is 4.55. The van der Waals surface area contributed by atoms with Gasteiger partial charge in [0.05, 0.1) is 12.1 Å². The van der Waals surface area contributed by atoms with Gasteiger partial charge < -0.3 is 4.74 Å². The SMILES string of the molecule is CCc1ccccc1OC(=O)Cc1c(C)nn(CC(C)C)c1C. The molecule has 0 unspecified atom stereocenters. The Morgan fingerprint density at radius 3 is 2.61 bits per heavy atom. The Morgan fingerprint density at radius 1 is 1.26 bits per heavy atom. The third-order valence-corrected chi connectivity index (χ3v) is 3.97. The fourth-order valence-electron chi connectivity index (χ4n) is 2.71. The van der Waals surface area contributed by atoms with E-state index in [1.54, 1.807) is 0 Å². The van der Waals surface area contributed by atoms with Gasteiger partial charge in [0.2, 0.25) is 0 Å². The van der Waals surface area contributed by atoms with Crippen LogP contribution in [0.2, 0.25) is 0 Å². The van der Waals surface area contributed by atoms with Crippen molar-refractivity contribution in [2.24, 2.45) is 5.92 Å². The summed E-state index contributed by atoms with van der Waals surface area (Å²) in [5.41, 5.74) is 3.98. The van der Waals surface area contributed by atoms with E-state index >= 15 is 0 Å². The third kappa shape index (κ3) is 4.21. The minimum absolute atomic E-state index is 0.235. The van der Waals surface area contributed by atoms with Crippen molar-refractivity contribution in [1.29, 1.82) is 0 Å². The smallest absolute Gasteiger partial charge is 0.315 e. The average molecular weight is 314 g/mol. The first-order valence-corrected chi connectivity index (χ1v) is 8.23. The van der Waals surface area contributed by atoms with Crippen LogP contribution in [0.15, 0.2) is 24.3 Å². The molecular formula is C19H26N2O2. The normalized spacial score (nSPS) is 11.0. The maximum atomic E-state index is 12.3. The second-order valence-corrected chi connectivity index (χ2v) is 6.34. The van der Waals surface area contributed by atoms with E-state index in [0.717, 1.165) is 35.5 Å². The number of ether oxygens (including phenoxy) is 1. The predicted molar refractivity (Wildman–Crippen MR) is 91.7 cm³/mol. The zero-order valence-electron chi connectivity index (χ0n) is 14.7. The van der Waals surface area contributed by atoms with E-state index in [1.807, 2.05) is 42.8 Å². The highest BCUT2D eigenvalue weighted by molar-refractivity contribution is 5.76. The molecule has 0 spiro atoms. The molecule has 1 aromatic carbocycles. The molecule has 0 N–H and O–H groups in total. The number of hydrogen-bond acceptors (Lipinski definition) is 3. The number of rotatable bonds is 6. The summed E-state index contributed by atoms with van der Waals surface area (Å²) in [5.74, 6) is 0.940. The minimum Gasteiger partial charge on any atom is -0.426 e. The number of benzene rings is 1. The zero-order valence-corrected chi connectivity index (χ0v) is 14.7. The molecule has 0 aliphatic rings. The topological polar surface area (TPSA) is 44.1 Å². The molecule has 4 heteroatoms. The Hall–Kier alpha value is -2.10. The van der Waals surface area contributed by atoms with Crippen LogP contribution in [0.4, 0.5) is 0 Å². The Bertz CT molecular complexity index is 687. The number of nitrogens with zero attached hydrogens (tertiary/aromatic N) is 2. The fourth-order valence-corrected chi connectivity index (χ4v) is 2.71. The van der Waals surface area contributed by atoms with Crippen LogP contribution in [0.5, 0.6) is 5.75 Å². The lowest BCUT2D eigenvalue weighted by molar-refractivity contribution is -0.133. The lowest BCUT2D eigenvalue weighted by Gasteiger charge is -2.09. The predicted octanol–water partition coefficient (Wildman–Crippen LogP) is 3.87. The maximum Gasteiger partial charge on any atom is 0.315 e. The standard InChI is InChI=1S/C19H26N2O2/c1-6-16-9-7-8-10-18(16)23-19(22)11-17-14(4)20-21(15(17)5)12-13(2)3/h7-10,13H,6,11-12H2,1-5H3. The second-order valence-electron chi connectivity index (χ2n) is 6.34. The molecule has 0 saturated heterocycles. The summed E-state index contributed by atoms with van der Waals surface area (Å²) < 4.78 is 7.55. The Morgan fingerprint density at radius 2 is 1.96 bits per heavy atom. The van der Waals surface area contributed by atoms with Crippen LogP contribution in [-0.4, -0.2) is 15.7 Å². The van der Waals surface area contributed by atoms with E-state index in [4.69, 9.17) is 4.74 Å². The summed E-state index contributed by atoms with van der Waals surface area (Å²) in [6, 6.07) is 7.68. The van der Waals surface area contributed by atoms with Gasteiger partial charge in [-0.25, -0.2) is 0 Å². The molecule has 0 atom stereocenters. The van der Waals surface area contributed by atoms with E-state index in [0.29, 0.717) is 11.7 Å². The highest BCUT2D eigenvalue weighted by atomic mass is 16.5. The van der Waals surface area contributed by atoms with Gasteiger partial charge in [0, 0.05) is 17.8 Å². The quantitative estimate of drug-likeness (QED) is 0.600. The lowest BCUT2D eigenvalue weighted by Crippen LogP contribution is -2.14. The van der Waals surface area contributed by atoms with Crippen LogP contribution in [-0.2, 0) is 24.2 Å². The number of aryl methyl sites for hydroxylation is 2. The van der Waals surface area contributed by atoms with Crippen molar-refractivity contribution >= 4 is 5.97 Å². The highest BCUT2D eigenvalue weighted by Crippen LogP contribution is 2.20. The van der Waals surface area contributed by atoms with Gasteiger partial charge in [-0.15, -0.1) is 0 Å². The van der Waals surface area contributed by atoms with Gasteiger partial charge in [0.15, 0.2) is 0 Å². The number of carbonyl (C=O) groups is 1. The van der Waals surface area contributed by atoms with Gasteiger partial charge >= 0.3 is 5.97 Å². The van der Waals surface area contributed by atoms with Gasteiger partial charge in [-0.3, -0.25) is 9.48 Å².